The van der Waals surface area contributed by atoms with Gasteiger partial charge in [-0.25, -0.2) is 9.59 Å². The van der Waals surface area contributed by atoms with Crippen molar-refractivity contribution in [3.63, 3.8) is 0 Å². The van der Waals surface area contributed by atoms with Gasteiger partial charge >= 0.3 is 18.0 Å². The van der Waals surface area contributed by atoms with E-state index in [2.05, 4.69) is 26.6 Å². The number of guanidine groups is 1. The molecule has 2 atom stereocenters. The van der Waals surface area contributed by atoms with Crippen LogP contribution in [0.4, 0.5) is 10.5 Å². The van der Waals surface area contributed by atoms with Crippen molar-refractivity contribution in [3.8, 4) is 0 Å². The van der Waals surface area contributed by atoms with Crippen LogP contribution < -0.4 is 32.3 Å². The summed E-state index contributed by atoms with van der Waals surface area (Å²) in [7, 11) is 0. The Morgan fingerprint density at radius 2 is 1.68 bits per heavy atom. The molecular weight excluding hydrogens is 450 g/mol. The normalized spacial score (nSPS) is 12.1. The molecule has 1 aromatic carbocycles. The number of hydrogen-bond acceptors (Lipinski definition) is 6. The average molecular weight is 479 g/mol. The molecule has 1 rings (SSSR count). The molecule has 186 valence electrons. The quantitative estimate of drug-likeness (QED) is 0.102. The molecule has 0 spiro atoms. The zero-order valence-corrected chi connectivity index (χ0v) is 18.7. The van der Waals surface area contributed by atoms with Gasteiger partial charge in [0.15, 0.2) is 5.96 Å². The molecule has 34 heavy (non-hydrogen) atoms. The van der Waals surface area contributed by atoms with Crippen LogP contribution in [0.15, 0.2) is 24.3 Å². The number of nitrogens with one attached hydrogen (secondary N) is 6. The highest BCUT2D eigenvalue weighted by molar-refractivity contribution is 6.00. The lowest BCUT2D eigenvalue weighted by Crippen LogP contribution is -2.53. The predicted molar refractivity (Wildman–Crippen MR) is 121 cm³/mol. The molecule has 0 saturated heterocycles. The van der Waals surface area contributed by atoms with Crippen LogP contribution in [0, 0.1) is 11.3 Å². The fourth-order valence-corrected chi connectivity index (χ4v) is 2.68. The maximum atomic E-state index is 12.6. The number of aliphatic carboxylic acids is 2. The lowest BCUT2D eigenvalue weighted by Gasteiger charge is -2.22. The molecular formula is C20H29N7O7. The van der Waals surface area contributed by atoms with Crippen molar-refractivity contribution >= 4 is 41.4 Å². The van der Waals surface area contributed by atoms with Gasteiger partial charge in [-0.3, -0.25) is 19.8 Å². The first kappa shape index (κ1) is 27.7. The number of benzene rings is 1. The molecule has 0 saturated carbocycles. The highest BCUT2D eigenvalue weighted by atomic mass is 16.4. The van der Waals surface area contributed by atoms with Crippen molar-refractivity contribution in [2.75, 3.05) is 18.4 Å². The Hall–Kier alpha value is -4.36. The van der Waals surface area contributed by atoms with E-state index < -0.39 is 54.2 Å². The smallest absolute Gasteiger partial charge is 0.326 e. The van der Waals surface area contributed by atoms with Crippen LogP contribution in [-0.2, 0) is 14.4 Å². The minimum Gasteiger partial charge on any atom is -0.481 e. The van der Waals surface area contributed by atoms with Gasteiger partial charge in [0, 0.05) is 24.3 Å². The van der Waals surface area contributed by atoms with Gasteiger partial charge in [0.25, 0.3) is 5.91 Å². The third kappa shape index (κ3) is 9.84. The van der Waals surface area contributed by atoms with Gasteiger partial charge in [-0.15, -0.1) is 0 Å². The van der Waals surface area contributed by atoms with Crippen molar-refractivity contribution < 1.29 is 34.2 Å². The standard InChI is InChI=1S/C20H29N7O7/c1-10(2)15(18(32)33)27-17(31)13(9-14(28)29)26-16(30)11-4-3-5-12(8-11)25-20(34)24-7-6-23-19(21)22/h3-5,8,10,13,15H,6-7,9H2,1-2H3,(H,26,30)(H,27,31)(H,28,29)(H,32,33)(H4,21,22,23)(H2,24,25,34)/t13-,15-/m0/s1. The van der Waals surface area contributed by atoms with Crippen LogP contribution in [0.25, 0.3) is 0 Å². The average Bonchev–Trinajstić information content (AvgIpc) is 2.73. The minimum atomic E-state index is -1.53. The second-order valence-electron chi connectivity index (χ2n) is 7.49. The summed E-state index contributed by atoms with van der Waals surface area (Å²) in [4.78, 5) is 59.6. The molecule has 0 heterocycles. The van der Waals surface area contributed by atoms with Crippen LogP contribution >= 0.6 is 0 Å². The van der Waals surface area contributed by atoms with E-state index in [4.69, 9.17) is 16.2 Å². The topological polar surface area (TPSA) is 236 Å². The molecule has 10 N–H and O–H groups in total. The third-order valence-electron chi connectivity index (χ3n) is 4.34. The number of carboxylic acids is 2. The van der Waals surface area contributed by atoms with E-state index in [0.717, 1.165) is 0 Å². The Balaban J connectivity index is 2.84. The molecule has 14 nitrogen and oxygen atoms in total. The van der Waals surface area contributed by atoms with Crippen molar-refractivity contribution in [2.45, 2.75) is 32.4 Å². The number of nitrogens with two attached hydrogens (primary N) is 1. The lowest BCUT2D eigenvalue weighted by molar-refractivity contribution is -0.144. The van der Waals surface area contributed by atoms with Crippen LogP contribution in [0.1, 0.15) is 30.6 Å². The summed E-state index contributed by atoms with van der Waals surface area (Å²) in [5.74, 6) is -5.13. The van der Waals surface area contributed by atoms with Gasteiger partial charge in [0.2, 0.25) is 5.91 Å². The Morgan fingerprint density at radius 1 is 1.03 bits per heavy atom. The third-order valence-corrected chi connectivity index (χ3v) is 4.34. The SMILES string of the molecule is CC(C)[C@H](NC(=O)[C@H](CC(=O)O)NC(=O)c1cccc(NC(=O)NCCNC(=N)N)c1)C(=O)O. The van der Waals surface area contributed by atoms with Crippen LogP contribution in [0.5, 0.6) is 0 Å². The van der Waals surface area contributed by atoms with E-state index in [1.165, 1.54) is 24.3 Å². The van der Waals surface area contributed by atoms with E-state index in [1.807, 2.05) is 0 Å². The van der Waals surface area contributed by atoms with Crippen molar-refractivity contribution in [3.05, 3.63) is 29.8 Å². The monoisotopic (exact) mass is 479 g/mol. The minimum absolute atomic E-state index is 0.0258. The molecule has 0 fully saturated rings. The summed E-state index contributed by atoms with van der Waals surface area (Å²) < 4.78 is 0. The van der Waals surface area contributed by atoms with Crippen LogP contribution in [0.3, 0.4) is 0 Å². The fourth-order valence-electron chi connectivity index (χ4n) is 2.68. The largest absolute Gasteiger partial charge is 0.481 e. The number of urea groups is 1. The highest BCUT2D eigenvalue weighted by Gasteiger charge is 2.30. The van der Waals surface area contributed by atoms with Crippen molar-refractivity contribution in [1.29, 1.82) is 5.41 Å². The number of carboxylic acid groups (broad SMARTS) is 2. The van der Waals surface area contributed by atoms with Gasteiger partial charge in [-0.05, 0) is 24.1 Å². The number of rotatable bonds is 12. The molecule has 4 amide bonds. The van der Waals surface area contributed by atoms with E-state index in [9.17, 15) is 29.1 Å². The van der Waals surface area contributed by atoms with Crippen molar-refractivity contribution in [2.24, 2.45) is 11.7 Å². The van der Waals surface area contributed by atoms with Crippen LogP contribution in [-0.4, -0.2) is 71.1 Å². The Bertz CT molecular complexity index is 936. The first-order chi connectivity index (χ1) is 15.9. The second-order valence-corrected chi connectivity index (χ2v) is 7.49. The summed E-state index contributed by atoms with van der Waals surface area (Å²) in [5.41, 5.74) is 5.40. The van der Waals surface area contributed by atoms with Gasteiger partial charge in [0.1, 0.15) is 12.1 Å². The highest BCUT2D eigenvalue weighted by Crippen LogP contribution is 2.11. The number of hydrogen-bond donors (Lipinski definition) is 9. The van der Waals surface area contributed by atoms with Crippen molar-refractivity contribution in [1.82, 2.24) is 21.3 Å². The molecule has 0 aromatic heterocycles. The molecule has 0 aliphatic heterocycles. The number of amides is 4. The van der Waals surface area contributed by atoms with Gasteiger partial charge in [-0.1, -0.05) is 19.9 Å². The first-order valence-corrected chi connectivity index (χ1v) is 10.2. The predicted octanol–water partition coefficient (Wildman–Crippen LogP) is -0.910. The molecule has 0 bridgehead atoms. The maximum Gasteiger partial charge on any atom is 0.326 e. The Kier molecular flexibility index (Phi) is 10.8. The first-order valence-electron chi connectivity index (χ1n) is 10.2. The number of carbonyl (C=O) groups is 5. The summed E-state index contributed by atoms with van der Waals surface area (Å²) in [6.45, 7) is 3.54. The summed E-state index contributed by atoms with van der Waals surface area (Å²) in [6.07, 6.45) is -0.767. The van der Waals surface area contributed by atoms with Crippen LogP contribution in [0.2, 0.25) is 0 Å². The maximum absolute atomic E-state index is 12.6. The van der Waals surface area contributed by atoms with E-state index in [-0.39, 0.29) is 30.3 Å². The fraction of sp³-hybridized carbons (Fsp3) is 0.400. The molecule has 0 aliphatic rings. The molecule has 0 unspecified atom stereocenters. The zero-order chi connectivity index (χ0) is 25.8. The Labute approximate surface area is 195 Å². The van der Waals surface area contributed by atoms with Gasteiger partial charge in [-0.2, -0.15) is 0 Å². The summed E-state index contributed by atoms with van der Waals surface area (Å²) >= 11 is 0. The Morgan fingerprint density at radius 3 is 2.24 bits per heavy atom. The second kappa shape index (κ2) is 13.2. The lowest BCUT2D eigenvalue weighted by atomic mass is 10.0. The number of carbonyl (C=O) groups excluding carboxylic acids is 3. The zero-order valence-electron chi connectivity index (χ0n) is 18.7. The number of anilines is 1. The summed E-state index contributed by atoms with van der Waals surface area (Å²) in [5, 5.41) is 37.4. The summed E-state index contributed by atoms with van der Waals surface area (Å²) in [6, 6.07) is 2.29. The van der Waals surface area contributed by atoms with Gasteiger partial charge < -0.3 is 42.5 Å². The van der Waals surface area contributed by atoms with E-state index >= 15 is 0 Å². The van der Waals surface area contributed by atoms with Gasteiger partial charge in [0.05, 0.1) is 6.42 Å². The molecule has 0 aliphatic carbocycles. The molecule has 0 radical (unpaired) electrons. The molecule has 1 aromatic rings. The van der Waals surface area contributed by atoms with E-state index in [0.29, 0.717) is 0 Å². The molecule has 14 heteroatoms. The van der Waals surface area contributed by atoms with E-state index in [1.54, 1.807) is 13.8 Å².